The predicted molar refractivity (Wildman–Crippen MR) is 103 cm³/mol. The third kappa shape index (κ3) is 2.45. The smallest absolute Gasteiger partial charge is 0.255 e. The average Bonchev–Trinajstić information content (AvgIpc) is 3.36. The first kappa shape index (κ1) is 16.7. The van der Waals surface area contributed by atoms with Gasteiger partial charge in [0.05, 0.1) is 17.5 Å². The number of nitrogens with zero attached hydrogens (tertiary/aromatic N) is 1. The van der Waals surface area contributed by atoms with Crippen molar-refractivity contribution in [2.45, 2.75) is 6.42 Å². The Morgan fingerprint density at radius 1 is 0.964 bits per heavy atom. The van der Waals surface area contributed by atoms with E-state index in [2.05, 4.69) is 17.5 Å². The van der Waals surface area contributed by atoms with Crippen molar-refractivity contribution < 1.29 is 19.5 Å². The van der Waals surface area contributed by atoms with Crippen molar-refractivity contribution in [3.05, 3.63) is 66.2 Å². The monoisotopic (exact) mass is 374 g/mol. The number of anilines is 2. The number of imide groups is 1. The highest BCUT2D eigenvalue weighted by molar-refractivity contribution is 6.23. The molecular weight excluding hydrogens is 356 g/mol. The molecule has 2 N–H and O–H groups in total. The molecule has 2 aliphatic carbocycles. The Morgan fingerprint density at radius 3 is 2.21 bits per heavy atom. The van der Waals surface area contributed by atoms with Gasteiger partial charge in [0.25, 0.3) is 5.91 Å². The molecule has 2 aromatic rings. The van der Waals surface area contributed by atoms with Gasteiger partial charge < -0.3 is 10.4 Å². The van der Waals surface area contributed by atoms with Gasteiger partial charge in [0.15, 0.2) is 0 Å². The quantitative estimate of drug-likeness (QED) is 0.639. The molecule has 1 saturated heterocycles. The number of hydrogen-bond acceptors (Lipinski definition) is 4. The van der Waals surface area contributed by atoms with E-state index in [1.54, 1.807) is 36.4 Å². The number of hydrogen-bond donors (Lipinski definition) is 2. The maximum absolute atomic E-state index is 12.8. The van der Waals surface area contributed by atoms with Crippen molar-refractivity contribution in [3.63, 3.8) is 0 Å². The summed E-state index contributed by atoms with van der Waals surface area (Å²) in [5.41, 5.74) is 1.38. The highest BCUT2D eigenvalue weighted by atomic mass is 16.3. The molecule has 1 heterocycles. The fourth-order valence-electron chi connectivity index (χ4n) is 4.71. The van der Waals surface area contributed by atoms with Crippen LogP contribution in [0.2, 0.25) is 0 Å². The normalized spacial score (nSPS) is 27.4. The number of carbonyl (C=O) groups excluding carboxylic acids is 3. The van der Waals surface area contributed by atoms with Crippen molar-refractivity contribution in [1.29, 1.82) is 0 Å². The lowest BCUT2D eigenvalue weighted by Gasteiger charge is -2.17. The number of rotatable bonds is 3. The Kier molecular flexibility index (Phi) is 3.62. The Morgan fingerprint density at radius 2 is 1.61 bits per heavy atom. The second-order valence-corrected chi connectivity index (χ2v) is 7.56. The van der Waals surface area contributed by atoms with Crippen molar-refractivity contribution in [1.82, 2.24) is 0 Å². The largest absolute Gasteiger partial charge is 0.508 e. The first-order valence-electron chi connectivity index (χ1n) is 9.29. The summed E-state index contributed by atoms with van der Waals surface area (Å²) in [4.78, 5) is 39.4. The zero-order valence-corrected chi connectivity index (χ0v) is 14.9. The van der Waals surface area contributed by atoms with Gasteiger partial charge in [-0.1, -0.05) is 18.2 Å². The molecule has 6 heteroatoms. The molecule has 3 aliphatic rings. The van der Waals surface area contributed by atoms with E-state index < -0.39 is 0 Å². The molecule has 28 heavy (non-hydrogen) atoms. The van der Waals surface area contributed by atoms with Crippen LogP contribution in [-0.4, -0.2) is 22.8 Å². The lowest BCUT2D eigenvalue weighted by Crippen LogP contribution is -2.32. The molecule has 0 radical (unpaired) electrons. The first-order chi connectivity index (χ1) is 13.5. The van der Waals surface area contributed by atoms with Crippen LogP contribution in [0.3, 0.4) is 0 Å². The van der Waals surface area contributed by atoms with Crippen LogP contribution in [0.15, 0.2) is 60.7 Å². The third-order valence-electron chi connectivity index (χ3n) is 5.96. The molecule has 5 rings (SSSR count). The maximum atomic E-state index is 12.8. The standard InChI is InChI=1S/C22H18N2O4/c25-17-3-1-2-15(11-17)23-20(26)12-6-8-16(9-7-12)24-21(27)18-13-4-5-14(10-13)19(18)22(24)28/h1-9,11,13-14,18-19,25H,10H2,(H,23,26)/t13-,14+,18-,19-/m1/s1. The fraction of sp³-hybridized carbons (Fsp3) is 0.227. The summed E-state index contributed by atoms with van der Waals surface area (Å²) in [5.74, 6) is -0.684. The van der Waals surface area contributed by atoms with Gasteiger partial charge in [-0.25, -0.2) is 0 Å². The first-order valence-corrected chi connectivity index (χ1v) is 9.29. The van der Waals surface area contributed by atoms with Gasteiger partial charge in [-0.3, -0.25) is 19.3 Å². The van der Waals surface area contributed by atoms with Crippen molar-refractivity contribution in [2.75, 3.05) is 10.2 Å². The van der Waals surface area contributed by atoms with Crippen LogP contribution in [0.1, 0.15) is 16.8 Å². The van der Waals surface area contributed by atoms with Crippen LogP contribution in [0.25, 0.3) is 0 Å². The minimum Gasteiger partial charge on any atom is -0.508 e. The number of amides is 3. The minimum atomic E-state index is -0.338. The number of allylic oxidation sites excluding steroid dienone is 2. The molecule has 0 aromatic heterocycles. The number of aromatic hydroxyl groups is 1. The van der Waals surface area contributed by atoms with Crippen molar-refractivity contribution >= 4 is 29.1 Å². The zero-order chi connectivity index (χ0) is 19.4. The summed E-state index contributed by atoms with van der Waals surface area (Å²) in [7, 11) is 0. The highest BCUT2D eigenvalue weighted by Crippen LogP contribution is 2.53. The molecular formula is C22H18N2O4. The molecule has 2 bridgehead atoms. The lowest BCUT2D eigenvalue weighted by molar-refractivity contribution is -0.123. The van der Waals surface area contributed by atoms with E-state index in [0.29, 0.717) is 16.9 Å². The SMILES string of the molecule is O=C(Nc1cccc(O)c1)c1ccc(N2C(=O)[C@H]3[C@H](C2=O)[C@H]2C=C[C@@H]3C2)cc1. The Balaban J connectivity index is 1.35. The van der Waals surface area contributed by atoms with E-state index in [4.69, 9.17) is 0 Å². The van der Waals surface area contributed by atoms with Gasteiger partial charge in [-0.05, 0) is 54.7 Å². The van der Waals surface area contributed by atoms with Crippen molar-refractivity contribution in [2.24, 2.45) is 23.7 Å². The third-order valence-corrected chi connectivity index (χ3v) is 5.96. The summed E-state index contributed by atoms with van der Waals surface area (Å²) in [6.45, 7) is 0. The minimum absolute atomic E-state index is 0.0632. The Hall–Kier alpha value is -3.41. The van der Waals surface area contributed by atoms with Gasteiger partial charge in [0.1, 0.15) is 5.75 Å². The number of phenols is 1. The molecule has 2 fully saturated rings. The van der Waals surface area contributed by atoms with Crippen LogP contribution >= 0.6 is 0 Å². The van der Waals surface area contributed by atoms with Crippen LogP contribution in [-0.2, 0) is 9.59 Å². The summed E-state index contributed by atoms with van der Waals surface area (Å²) in [6.07, 6.45) is 5.03. The molecule has 1 aliphatic heterocycles. The van der Waals surface area contributed by atoms with Crippen LogP contribution < -0.4 is 10.2 Å². The van der Waals surface area contributed by atoms with E-state index in [1.165, 1.54) is 17.0 Å². The Bertz CT molecular complexity index is 997. The maximum Gasteiger partial charge on any atom is 0.255 e. The number of carbonyl (C=O) groups is 3. The molecule has 0 unspecified atom stereocenters. The molecule has 6 nitrogen and oxygen atoms in total. The van der Waals surface area contributed by atoms with E-state index in [1.807, 2.05) is 0 Å². The van der Waals surface area contributed by atoms with E-state index >= 15 is 0 Å². The van der Waals surface area contributed by atoms with Crippen LogP contribution in [0.4, 0.5) is 11.4 Å². The number of benzene rings is 2. The van der Waals surface area contributed by atoms with Crippen molar-refractivity contribution in [3.8, 4) is 5.75 Å². The Labute approximate surface area is 161 Å². The highest BCUT2D eigenvalue weighted by Gasteiger charge is 2.59. The van der Waals surface area contributed by atoms with Gasteiger partial charge in [0, 0.05) is 17.3 Å². The van der Waals surface area contributed by atoms with Gasteiger partial charge >= 0.3 is 0 Å². The summed E-state index contributed by atoms with van der Waals surface area (Å²) < 4.78 is 0. The fourth-order valence-corrected chi connectivity index (χ4v) is 4.71. The summed E-state index contributed by atoms with van der Waals surface area (Å²) in [6, 6.07) is 12.7. The second kappa shape index (κ2) is 6.05. The van der Waals surface area contributed by atoms with Crippen LogP contribution in [0.5, 0.6) is 5.75 Å². The zero-order valence-electron chi connectivity index (χ0n) is 14.9. The molecule has 4 atom stereocenters. The van der Waals surface area contributed by atoms with E-state index in [9.17, 15) is 19.5 Å². The average molecular weight is 374 g/mol. The lowest BCUT2D eigenvalue weighted by atomic mass is 9.85. The predicted octanol–water partition coefficient (Wildman–Crippen LogP) is 2.96. The van der Waals surface area contributed by atoms with E-state index in [0.717, 1.165) is 6.42 Å². The van der Waals surface area contributed by atoms with Gasteiger partial charge in [0.2, 0.25) is 11.8 Å². The van der Waals surface area contributed by atoms with Crippen LogP contribution in [0, 0.1) is 23.7 Å². The number of fused-ring (bicyclic) bond motifs is 5. The molecule has 0 spiro atoms. The number of phenolic OH excluding ortho intramolecular Hbond substituents is 1. The molecule has 3 amide bonds. The number of nitrogens with one attached hydrogen (secondary N) is 1. The van der Waals surface area contributed by atoms with Gasteiger partial charge in [-0.2, -0.15) is 0 Å². The molecule has 1 saturated carbocycles. The van der Waals surface area contributed by atoms with E-state index in [-0.39, 0.29) is 47.1 Å². The topological polar surface area (TPSA) is 86.7 Å². The van der Waals surface area contributed by atoms with Gasteiger partial charge in [-0.15, -0.1) is 0 Å². The summed E-state index contributed by atoms with van der Waals surface area (Å²) in [5, 5.41) is 12.2. The molecule has 140 valence electrons. The second-order valence-electron chi connectivity index (χ2n) is 7.56. The summed E-state index contributed by atoms with van der Waals surface area (Å²) >= 11 is 0. The molecule has 2 aromatic carbocycles.